The normalized spacial score (nSPS) is 10.2. The molecule has 4 nitrogen and oxygen atoms in total. The van der Waals surface area contributed by atoms with Gasteiger partial charge in [-0.3, -0.25) is 4.79 Å². The van der Waals surface area contributed by atoms with Crippen LogP contribution in [0, 0.1) is 0 Å². The van der Waals surface area contributed by atoms with Crippen molar-refractivity contribution in [3.05, 3.63) is 52.5 Å². The summed E-state index contributed by atoms with van der Waals surface area (Å²) in [5.41, 5.74) is 1.26. The maximum absolute atomic E-state index is 12.3. The largest absolute Gasteiger partial charge is 0.496 e. The van der Waals surface area contributed by atoms with E-state index in [1.165, 1.54) is 0 Å². The Bertz CT molecular complexity index is 673. The summed E-state index contributed by atoms with van der Waals surface area (Å²) in [6.07, 6.45) is 2.10. The minimum atomic E-state index is -0.181. The highest BCUT2D eigenvalue weighted by Gasteiger charge is 2.09. The Balaban J connectivity index is 2.05. The second kappa shape index (κ2) is 8.58. The predicted molar refractivity (Wildman–Crippen MR) is 95.5 cm³/mol. The molecule has 0 bridgehead atoms. The number of methoxy groups -OCH3 is 1. The third-order valence-electron chi connectivity index (χ3n) is 3.27. The average molecular weight is 378 g/mol. The van der Waals surface area contributed by atoms with Gasteiger partial charge in [0.25, 0.3) is 5.91 Å². The van der Waals surface area contributed by atoms with Gasteiger partial charge in [0.15, 0.2) is 0 Å². The molecule has 0 fully saturated rings. The van der Waals surface area contributed by atoms with Crippen LogP contribution < -0.4 is 14.8 Å². The first kappa shape index (κ1) is 17.3. The summed E-state index contributed by atoms with van der Waals surface area (Å²) in [6, 6.07) is 12.6. The van der Waals surface area contributed by atoms with Gasteiger partial charge < -0.3 is 14.8 Å². The van der Waals surface area contributed by atoms with Crippen LogP contribution in [0.15, 0.2) is 46.9 Å². The molecule has 0 atom stereocenters. The van der Waals surface area contributed by atoms with E-state index in [4.69, 9.17) is 9.47 Å². The molecule has 0 saturated heterocycles. The summed E-state index contributed by atoms with van der Waals surface area (Å²) in [5.74, 6) is 1.26. The fourth-order valence-electron chi connectivity index (χ4n) is 2.01. The highest BCUT2D eigenvalue weighted by atomic mass is 79.9. The maximum Gasteiger partial charge on any atom is 0.255 e. The van der Waals surface area contributed by atoms with E-state index >= 15 is 0 Å². The number of hydrogen-bond acceptors (Lipinski definition) is 3. The fraction of sp³-hybridized carbons (Fsp3) is 0.278. The van der Waals surface area contributed by atoms with Gasteiger partial charge in [0, 0.05) is 17.3 Å². The molecule has 0 spiro atoms. The van der Waals surface area contributed by atoms with Gasteiger partial charge in [-0.05, 0) is 52.7 Å². The molecule has 0 aliphatic heterocycles. The number of ether oxygens (including phenoxy) is 2. The first-order valence-electron chi connectivity index (χ1n) is 7.51. The van der Waals surface area contributed by atoms with Crippen LogP contribution in [0.25, 0.3) is 0 Å². The van der Waals surface area contributed by atoms with E-state index < -0.39 is 0 Å². The molecule has 0 saturated carbocycles. The van der Waals surface area contributed by atoms with Crippen molar-refractivity contribution in [3.63, 3.8) is 0 Å². The van der Waals surface area contributed by atoms with E-state index in [1.807, 2.05) is 24.3 Å². The Kier molecular flexibility index (Phi) is 6.47. The first-order chi connectivity index (χ1) is 11.1. The molecule has 2 aromatic rings. The maximum atomic E-state index is 12.3. The van der Waals surface area contributed by atoms with Gasteiger partial charge in [-0.1, -0.05) is 19.4 Å². The lowest BCUT2D eigenvalue weighted by molar-refractivity contribution is 0.102. The highest BCUT2D eigenvalue weighted by Crippen LogP contribution is 2.26. The van der Waals surface area contributed by atoms with Crippen molar-refractivity contribution in [1.29, 1.82) is 0 Å². The SMILES string of the molecule is CCCCOc1cccc(NC(=O)c2ccc(OC)c(Br)c2)c1. The number of carbonyl (C=O) groups excluding carboxylic acids is 1. The second-order valence-electron chi connectivity index (χ2n) is 5.03. The van der Waals surface area contributed by atoms with E-state index in [-0.39, 0.29) is 5.91 Å². The number of halogens is 1. The van der Waals surface area contributed by atoms with Crippen LogP contribution in [0.5, 0.6) is 11.5 Å². The van der Waals surface area contributed by atoms with Crippen LogP contribution in [0.1, 0.15) is 30.1 Å². The number of carbonyl (C=O) groups is 1. The van der Waals surface area contributed by atoms with E-state index in [1.54, 1.807) is 25.3 Å². The van der Waals surface area contributed by atoms with Crippen LogP contribution in [0.4, 0.5) is 5.69 Å². The summed E-state index contributed by atoms with van der Waals surface area (Å²) in [6.45, 7) is 2.80. The molecule has 1 amide bonds. The molecule has 0 heterocycles. The van der Waals surface area contributed by atoms with Gasteiger partial charge >= 0.3 is 0 Å². The summed E-state index contributed by atoms with van der Waals surface area (Å²) in [4.78, 5) is 12.3. The van der Waals surface area contributed by atoms with Crippen LogP contribution in [-0.2, 0) is 0 Å². The van der Waals surface area contributed by atoms with Crippen LogP contribution >= 0.6 is 15.9 Å². The van der Waals surface area contributed by atoms with Crippen molar-refractivity contribution >= 4 is 27.5 Å². The summed E-state index contributed by atoms with van der Waals surface area (Å²) >= 11 is 3.38. The number of benzene rings is 2. The van der Waals surface area contributed by atoms with Crippen molar-refractivity contribution in [1.82, 2.24) is 0 Å². The number of anilines is 1. The topological polar surface area (TPSA) is 47.6 Å². The van der Waals surface area contributed by atoms with E-state index in [9.17, 15) is 4.79 Å². The van der Waals surface area contributed by atoms with Crippen molar-refractivity contribution in [2.45, 2.75) is 19.8 Å². The minimum Gasteiger partial charge on any atom is -0.496 e. The van der Waals surface area contributed by atoms with Gasteiger partial charge in [0.1, 0.15) is 11.5 Å². The van der Waals surface area contributed by atoms with Crippen molar-refractivity contribution in [3.8, 4) is 11.5 Å². The van der Waals surface area contributed by atoms with Crippen molar-refractivity contribution in [2.75, 3.05) is 19.0 Å². The van der Waals surface area contributed by atoms with Gasteiger partial charge in [-0.15, -0.1) is 0 Å². The molecule has 0 aliphatic carbocycles. The Morgan fingerprint density at radius 2 is 2.04 bits per heavy atom. The molecular formula is C18H20BrNO3. The van der Waals surface area contributed by atoms with Gasteiger partial charge in [0.2, 0.25) is 0 Å². The lowest BCUT2D eigenvalue weighted by Crippen LogP contribution is -2.12. The molecule has 0 unspecified atom stereocenters. The predicted octanol–water partition coefficient (Wildman–Crippen LogP) is 4.89. The van der Waals surface area contributed by atoms with Crippen LogP contribution in [0.3, 0.4) is 0 Å². The highest BCUT2D eigenvalue weighted by molar-refractivity contribution is 9.10. The zero-order valence-electron chi connectivity index (χ0n) is 13.3. The molecule has 2 rings (SSSR count). The minimum absolute atomic E-state index is 0.181. The van der Waals surface area contributed by atoms with Crippen LogP contribution in [0.2, 0.25) is 0 Å². The Hall–Kier alpha value is -2.01. The van der Waals surface area contributed by atoms with Crippen molar-refractivity contribution in [2.24, 2.45) is 0 Å². The molecule has 0 aromatic heterocycles. The number of hydrogen-bond donors (Lipinski definition) is 1. The molecule has 23 heavy (non-hydrogen) atoms. The Labute approximate surface area is 144 Å². The summed E-state index contributed by atoms with van der Waals surface area (Å²) in [5, 5.41) is 2.87. The number of rotatable bonds is 7. The van der Waals surface area contributed by atoms with E-state index in [0.717, 1.165) is 23.1 Å². The quantitative estimate of drug-likeness (QED) is 0.698. The zero-order chi connectivity index (χ0) is 16.7. The lowest BCUT2D eigenvalue weighted by Gasteiger charge is -2.10. The smallest absolute Gasteiger partial charge is 0.255 e. The molecule has 1 N–H and O–H groups in total. The number of amides is 1. The van der Waals surface area contributed by atoms with Gasteiger partial charge in [-0.2, -0.15) is 0 Å². The molecule has 122 valence electrons. The summed E-state index contributed by atoms with van der Waals surface area (Å²) in [7, 11) is 1.59. The second-order valence-corrected chi connectivity index (χ2v) is 5.89. The van der Waals surface area contributed by atoms with Gasteiger partial charge in [0.05, 0.1) is 18.2 Å². The molecule has 0 radical (unpaired) electrons. The number of unbranched alkanes of at least 4 members (excludes halogenated alkanes) is 1. The van der Waals surface area contributed by atoms with Crippen molar-refractivity contribution < 1.29 is 14.3 Å². The Morgan fingerprint density at radius 1 is 1.22 bits per heavy atom. The monoisotopic (exact) mass is 377 g/mol. The molecule has 5 heteroatoms. The summed E-state index contributed by atoms with van der Waals surface area (Å²) < 4.78 is 11.6. The molecular weight excluding hydrogens is 358 g/mol. The first-order valence-corrected chi connectivity index (χ1v) is 8.31. The molecule has 2 aromatic carbocycles. The number of nitrogens with one attached hydrogen (secondary N) is 1. The standard InChI is InChI=1S/C18H20BrNO3/c1-3-4-10-23-15-7-5-6-14(12-15)20-18(21)13-8-9-17(22-2)16(19)11-13/h5-9,11-12H,3-4,10H2,1-2H3,(H,20,21). The lowest BCUT2D eigenvalue weighted by atomic mass is 10.2. The fourth-order valence-corrected chi connectivity index (χ4v) is 2.55. The average Bonchev–Trinajstić information content (AvgIpc) is 2.55. The Morgan fingerprint density at radius 3 is 2.74 bits per heavy atom. The van der Waals surface area contributed by atoms with E-state index in [2.05, 4.69) is 28.2 Å². The van der Waals surface area contributed by atoms with E-state index in [0.29, 0.717) is 23.6 Å². The van der Waals surface area contributed by atoms with Gasteiger partial charge in [-0.25, -0.2) is 0 Å². The molecule has 0 aliphatic rings. The van der Waals surface area contributed by atoms with Crippen LogP contribution in [-0.4, -0.2) is 19.6 Å². The third kappa shape index (κ3) is 4.99. The third-order valence-corrected chi connectivity index (χ3v) is 3.89. The zero-order valence-corrected chi connectivity index (χ0v) is 14.9.